The van der Waals surface area contributed by atoms with E-state index in [0.717, 1.165) is 34.7 Å². The first-order valence-corrected chi connectivity index (χ1v) is 7.95. The van der Waals surface area contributed by atoms with Gasteiger partial charge in [0.1, 0.15) is 5.75 Å². The molecule has 0 bridgehead atoms. The first-order chi connectivity index (χ1) is 10.8. The number of nitrogens with zero attached hydrogens (tertiary/aromatic N) is 3. The van der Waals surface area contributed by atoms with Gasteiger partial charge in [0.2, 0.25) is 0 Å². The highest BCUT2D eigenvalue weighted by molar-refractivity contribution is 7.99. The molecular formula is C16H17N3O2S. The molecule has 0 unspecified atom stereocenters. The van der Waals surface area contributed by atoms with Crippen LogP contribution in [-0.4, -0.2) is 27.6 Å². The van der Waals surface area contributed by atoms with Crippen molar-refractivity contribution < 1.29 is 9.15 Å². The van der Waals surface area contributed by atoms with Gasteiger partial charge in [-0.1, -0.05) is 23.9 Å². The molecule has 0 aliphatic heterocycles. The molecule has 0 spiro atoms. The number of aromatic nitrogens is 3. The third-order valence-corrected chi connectivity index (χ3v) is 4.38. The van der Waals surface area contributed by atoms with Crippen molar-refractivity contribution in [2.75, 3.05) is 12.9 Å². The summed E-state index contributed by atoms with van der Waals surface area (Å²) in [6, 6.07) is 11.9. The molecule has 2 aromatic heterocycles. The SMILES string of the molecule is COc1ccc(CCSc2nnc(-c3ccco3)n2C)cc1. The number of aryl methyl sites for hydroxylation is 1. The van der Waals surface area contributed by atoms with Crippen molar-refractivity contribution in [3.05, 3.63) is 48.2 Å². The Kier molecular flexibility index (Phi) is 4.48. The molecule has 0 aliphatic rings. The second kappa shape index (κ2) is 6.70. The first kappa shape index (κ1) is 14.7. The van der Waals surface area contributed by atoms with E-state index in [4.69, 9.17) is 9.15 Å². The number of hydrogen-bond donors (Lipinski definition) is 0. The summed E-state index contributed by atoms with van der Waals surface area (Å²) in [5.41, 5.74) is 1.28. The maximum absolute atomic E-state index is 5.36. The van der Waals surface area contributed by atoms with Gasteiger partial charge >= 0.3 is 0 Å². The van der Waals surface area contributed by atoms with Gasteiger partial charge < -0.3 is 13.7 Å². The lowest BCUT2D eigenvalue weighted by Crippen LogP contribution is -1.96. The van der Waals surface area contributed by atoms with E-state index >= 15 is 0 Å². The Morgan fingerprint density at radius 3 is 2.68 bits per heavy atom. The van der Waals surface area contributed by atoms with Gasteiger partial charge in [-0.25, -0.2) is 0 Å². The third kappa shape index (κ3) is 3.17. The molecule has 2 heterocycles. The van der Waals surface area contributed by atoms with Crippen LogP contribution in [0.1, 0.15) is 5.56 Å². The second-order valence-corrected chi connectivity index (χ2v) is 5.85. The van der Waals surface area contributed by atoms with Gasteiger partial charge in [0, 0.05) is 12.8 Å². The summed E-state index contributed by atoms with van der Waals surface area (Å²) >= 11 is 1.69. The highest BCUT2D eigenvalue weighted by Crippen LogP contribution is 2.23. The molecule has 0 aliphatic carbocycles. The fraction of sp³-hybridized carbons (Fsp3) is 0.250. The quantitative estimate of drug-likeness (QED) is 0.652. The van der Waals surface area contributed by atoms with Crippen LogP contribution < -0.4 is 4.74 Å². The Morgan fingerprint density at radius 1 is 1.18 bits per heavy atom. The molecule has 1 aromatic carbocycles. The number of furan rings is 1. The molecule has 0 fully saturated rings. The monoisotopic (exact) mass is 315 g/mol. The van der Waals surface area contributed by atoms with Crippen LogP contribution in [0.4, 0.5) is 0 Å². The molecule has 0 amide bonds. The van der Waals surface area contributed by atoms with Crippen molar-refractivity contribution in [1.82, 2.24) is 14.8 Å². The van der Waals surface area contributed by atoms with Crippen LogP contribution in [0, 0.1) is 0 Å². The summed E-state index contributed by atoms with van der Waals surface area (Å²) in [5.74, 6) is 3.30. The largest absolute Gasteiger partial charge is 0.497 e. The number of methoxy groups -OCH3 is 1. The highest BCUT2D eigenvalue weighted by atomic mass is 32.2. The maximum atomic E-state index is 5.36. The lowest BCUT2D eigenvalue weighted by atomic mass is 10.2. The molecule has 0 N–H and O–H groups in total. The molecule has 0 radical (unpaired) electrons. The molecule has 5 nitrogen and oxygen atoms in total. The summed E-state index contributed by atoms with van der Waals surface area (Å²) in [7, 11) is 3.63. The number of ether oxygens (including phenoxy) is 1. The average molecular weight is 315 g/mol. The van der Waals surface area contributed by atoms with Gasteiger partial charge in [-0.3, -0.25) is 0 Å². The summed E-state index contributed by atoms with van der Waals surface area (Å²) in [5, 5.41) is 9.30. The molecule has 6 heteroatoms. The van der Waals surface area contributed by atoms with E-state index in [1.54, 1.807) is 25.1 Å². The Labute approximate surface area is 133 Å². The van der Waals surface area contributed by atoms with Crippen molar-refractivity contribution in [3.63, 3.8) is 0 Å². The molecule has 3 aromatic rings. The minimum atomic E-state index is 0.733. The maximum Gasteiger partial charge on any atom is 0.200 e. The predicted octanol–water partition coefficient (Wildman–Crippen LogP) is 3.42. The number of rotatable bonds is 6. The van der Waals surface area contributed by atoms with E-state index in [-0.39, 0.29) is 0 Å². The summed E-state index contributed by atoms with van der Waals surface area (Å²) in [4.78, 5) is 0. The van der Waals surface area contributed by atoms with Crippen LogP contribution in [0.3, 0.4) is 0 Å². The molecule has 22 heavy (non-hydrogen) atoms. The highest BCUT2D eigenvalue weighted by Gasteiger charge is 2.12. The zero-order chi connectivity index (χ0) is 15.4. The van der Waals surface area contributed by atoms with Gasteiger partial charge in [0.05, 0.1) is 13.4 Å². The van der Waals surface area contributed by atoms with E-state index in [9.17, 15) is 0 Å². The van der Waals surface area contributed by atoms with Gasteiger partial charge in [-0.05, 0) is 36.2 Å². The second-order valence-electron chi connectivity index (χ2n) is 4.79. The molecule has 0 atom stereocenters. The number of thioether (sulfide) groups is 1. The van der Waals surface area contributed by atoms with E-state index in [2.05, 4.69) is 22.3 Å². The van der Waals surface area contributed by atoms with Crippen LogP contribution in [0.2, 0.25) is 0 Å². The first-order valence-electron chi connectivity index (χ1n) is 6.97. The Morgan fingerprint density at radius 2 is 2.00 bits per heavy atom. The zero-order valence-electron chi connectivity index (χ0n) is 12.5. The standard InChI is InChI=1S/C16H17N3O2S/c1-19-15(14-4-3-10-21-14)17-18-16(19)22-11-9-12-5-7-13(20-2)8-6-12/h3-8,10H,9,11H2,1-2H3. The summed E-state index contributed by atoms with van der Waals surface area (Å²) in [6.45, 7) is 0. The molecule has 0 saturated heterocycles. The van der Waals surface area contributed by atoms with Crippen molar-refractivity contribution in [3.8, 4) is 17.3 Å². The van der Waals surface area contributed by atoms with Gasteiger partial charge in [0.25, 0.3) is 0 Å². The van der Waals surface area contributed by atoms with Crippen molar-refractivity contribution in [2.45, 2.75) is 11.6 Å². The van der Waals surface area contributed by atoms with E-state index in [0.29, 0.717) is 0 Å². The van der Waals surface area contributed by atoms with Crippen molar-refractivity contribution in [2.24, 2.45) is 7.05 Å². The van der Waals surface area contributed by atoms with E-state index in [1.807, 2.05) is 35.9 Å². The lowest BCUT2D eigenvalue weighted by molar-refractivity contribution is 0.414. The number of hydrogen-bond acceptors (Lipinski definition) is 5. The fourth-order valence-corrected chi connectivity index (χ4v) is 3.01. The van der Waals surface area contributed by atoms with Gasteiger partial charge in [-0.15, -0.1) is 10.2 Å². The van der Waals surface area contributed by atoms with Crippen LogP contribution >= 0.6 is 11.8 Å². The normalized spacial score (nSPS) is 10.8. The Hall–Kier alpha value is -2.21. The third-order valence-electron chi connectivity index (χ3n) is 3.36. The molecular weight excluding hydrogens is 298 g/mol. The van der Waals surface area contributed by atoms with Crippen molar-refractivity contribution >= 4 is 11.8 Å². The Balaban J connectivity index is 1.60. The zero-order valence-corrected chi connectivity index (χ0v) is 13.3. The fourth-order valence-electron chi connectivity index (χ4n) is 2.11. The van der Waals surface area contributed by atoms with Crippen LogP contribution in [0.5, 0.6) is 5.75 Å². The van der Waals surface area contributed by atoms with E-state index < -0.39 is 0 Å². The minimum Gasteiger partial charge on any atom is -0.497 e. The van der Waals surface area contributed by atoms with E-state index in [1.165, 1.54) is 5.56 Å². The number of benzene rings is 1. The minimum absolute atomic E-state index is 0.733. The molecule has 114 valence electrons. The van der Waals surface area contributed by atoms with Crippen molar-refractivity contribution in [1.29, 1.82) is 0 Å². The molecule has 0 saturated carbocycles. The predicted molar refractivity (Wildman–Crippen MR) is 86.1 cm³/mol. The summed E-state index contributed by atoms with van der Waals surface area (Å²) in [6.07, 6.45) is 2.61. The van der Waals surface area contributed by atoms with Gasteiger partial charge in [-0.2, -0.15) is 0 Å². The van der Waals surface area contributed by atoms with Crippen LogP contribution in [0.25, 0.3) is 11.6 Å². The van der Waals surface area contributed by atoms with Crippen LogP contribution in [0.15, 0.2) is 52.2 Å². The summed E-state index contributed by atoms with van der Waals surface area (Å²) < 4.78 is 12.5. The van der Waals surface area contributed by atoms with Gasteiger partial charge in [0.15, 0.2) is 16.7 Å². The molecule has 3 rings (SSSR count). The smallest absolute Gasteiger partial charge is 0.200 e. The average Bonchev–Trinajstić information content (AvgIpc) is 3.18. The lowest BCUT2D eigenvalue weighted by Gasteiger charge is -2.04. The topological polar surface area (TPSA) is 53.1 Å². The van der Waals surface area contributed by atoms with Crippen LogP contribution in [-0.2, 0) is 13.5 Å². The Bertz CT molecular complexity index is 720.